The summed E-state index contributed by atoms with van der Waals surface area (Å²) < 4.78 is 0. The van der Waals surface area contributed by atoms with E-state index in [0.717, 1.165) is 0 Å². The summed E-state index contributed by atoms with van der Waals surface area (Å²) in [4.78, 5) is 2.48. The molecule has 1 nitrogen and oxygen atoms in total. The number of hydrogen-bond acceptors (Lipinski definition) is 1. The van der Waals surface area contributed by atoms with Gasteiger partial charge >= 0.3 is 0 Å². The van der Waals surface area contributed by atoms with Gasteiger partial charge in [0.25, 0.3) is 0 Å². The number of nitrogens with zero attached hydrogens (tertiary/aromatic N) is 1. The third-order valence-corrected chi connectivity index (χ3v) is 1.42. The molecule has 1 atom stereocenters. The van der Waals surface area contributed by atoms with E-state index >= 15 is 0 Å². The lowest BCUT2D eigenvalue weighted by atomic mass is 10.5. The third-order valence-electron chi connectivity index (χ3n) is 0.883. The van der Waals surface area contributed by atoms with Gasteiger partial charge in [-0.2, -0.15) is 0 Å². The van der Waals surface area contributed by atoms with Crippen molar-refractivity contribution in [3.05, 3.63) is 18.8 Å². The highest BCUT2D eigenvalue weighted by atomic mass is 79.9. The van der Waals surface area contributed by atoms with Crippen molar-refractivity contribution >= 4 is 15.9 Å². The van der Waals surface area contributed by atoms with Crippen LogP contribution in [0.5, 0.6) is 0 Å². The lowest BCUT2D eigenvalue weighted by molar-refractivity contribution is 0.579. The zero-order chi connectivity index (χ0) is 5.28. The van der Waals surface area contributed by atoms with Crippen molar-refractivity contribution in [2.45, 2.75) is 4.83 Å². The van der Waals surface area contributed by atoms with Crippen LogP contribution in [-0.4, -0.2) is 16.8 Å². The zero-order valence-electron chi connectivity index (χ0n) is 4.13. The number of alkyl halides is 1. The Morgan fingerprint density at radius 3 is 2.57 bits per heavy atom. The number of hydrogen-bond donors (Lipinski definition) is 0. The first-order valence-electron chi connectivity index (χ1n) is 2.18. The van der Waals surface area contributed by atoms with Crippen LogP contribution in [0.3, 0.4) is 0 Å². The SMILES string of the molecule is CN1[CH]C(Br)C=C1. The number of halogens is 1. The van der Waals surface area contributed by atoms with Crippen molar-refractivity contribution in [1.82, 2.24) is 4.90 Å². The maximum absolute atomic E-state index is 3.39. The van der Waals surface area contributed by atoms with Gasteiger partial charge in [-0.3, -0.25) is 0 Å². The minimum absolute atomic E-state index is 0.456. The van der Waals surface area contributed by atoms with Gasteiger partial charge in [0.2, 0.25) is 0 Å². The summed E-state index contributed by atoms with van der Waals surface area (Å²) in [6.45, 7) is 2.08. The molecule has 1 rings (SSSR count). The average Bonchev–Trinajstić information content (AvgIpc) is 1.87. The van der Waals surface area contributed by atoms with E-state index in [2.05, 4.69) is 28.6 Å². The Balaban J connectivity index is 2.42. The molecule has 0 aliphatic carbocycles. The highest BCUT2D eigenvalue weighted by Gasteiger charge is 2.07. The Bertz CT molecular complexity index is 80.1. The molecule has 7 heavy (non-hydrogen) atoms. The second-order valence-electron chi connectivity index (χ2n) is 1.60. The van der Waals surface area contributed by atoms with Gasteiger partial charge in [0.1, 0.15) is 0 Å². The van der Waals surface area contributed by atoms with E-state index in [4.69, 9.17) is 0 Å². The fourth-order valence-corrected chi connectivity index (χ4v) is 1.05. The van der Waals surface area contributed by atoms with Crippen molar-refractivity contribution in [3.8, 4) is 0 Å². The minimum Gasteiger partial charge on any atom is -0.374 e. The van der Waals surface area contributed by atoms with Crippen molar-refractivity contribution in [2.24, 2.45) is 0 Å². The summed E-state index contributed by atoms with van der Waals surface area (Å²) in [6, 6.07) is 0. The summed E-state index contributed by atoms with van der Waals surface area (Å²) in [5.41, 5.74) is 0. The van der Waals surface area contributed by atoms with E-state index in [0.29, 0.717) is 4.83 Å². The summed E-state index contributed by atoms with van der Waals surface area (Å²) in [6.07, 6.45) is 4.11. The Labute approximate surface area is 52.1 Å². The smallest absolute Gasteiger partial charge is 0.0658 e. The Morgan fingerprint density at radius 2 is 2.43 bits per heavy atom. The van der Waals surface area contributed by atoms with Gasteiger partial charge in [-0.1, -0.05) is 22.0 Å². The van der Waals surface area contributed by atoms with Crippen molar-refractivity contribution < 1.29 is 0 Å². The van der Waals surface area contributed by atoms with E-state index in [-0.39, 0.29) is 0 Å². The van der Waals surface area contributed by atoms with Crippen molar-refractivity contribution in [3.63, 3.8) is 0 Å². The van der Waals surface area contributed by atoms with Crippen molar-refractivity contribution in [2.75, 3.05) is 7.05 Å². The van der Waals surface area contributed by atoms with Crippen LogP contribution in [0.4, 0.5) is 0 Å². The van der Waals surface area contributed by atoms with Crippen LogP contribution in [0.1, 0.15) is 0 Å². The van der Waals surface area contributed by atoms with Gasteiger partial charge in [0.15, 0.2) is 0 Å². The maximum Gasteiger partial charge on any atom is 0.0658 e. The standard InChI is InChI=1S/C5H7BrN/c1-7-3-2-5(6)4-7/h2-5H,1H3. The first-order chi connectivity index (χ1) is 3.29. The molecule has 1 aliphatic heterocycles. The molecule has 0 aromatic carbocycles. The fourth-order valence-electron chi connectivity index (χ4n) is 0.542. The van der Waals surface area contributed by atoms with Gasteiger partial charge < -0.3 is 4.90 Å². The van der Waals surface area contributed by atoms with Crippen LogP contribution in [0.2, 0.25) is 0 Å². The van der Waals surface area contributed by atoms with E-state index < -0.39 is 0 Å². The van der Waals surface area contributed by atoms with Crippen LogP contribution >= 0.6 is 15.9 Å². The van der Waals surface area contributed by atoms with Crippen LogP contribution in [0.25, 0.3) is 0 Å². The second-order valence-corrected chi connectivity index (χ2v) is 2.66. The predicted molar refractivity (Wildman–Crippen MR) is 33.9 cm³/mol. The Hall–Kier alpha value is 0.0200. The molecular weight excluding hydrogens is 154 g/mol. The number of rotatable bonds is 0. The van der Waals surface area contributed by atoms with Gasteiger partial charge in [-0.25, -0.2) is 0 Å². The first kappa shape index (κ1) is 5.16. The maximum atomic E-state index is 3.39. The highest BCUT2D eigenvalue weighted by Crippen LogP contribution is 2.14. The van der Waals surface area contributed by atoms with Crippen LogP contribution in [-0.2, 0) is 0 Å². The van der Waals surface area contributed by atoms with Crippen LogP contribution < -0.4 is 0 Å². The van der Waals surface area contributed by atoms with E-state index in [1.54, 1.807) is 0 Å². The van der Waals surface area contributed by atoms with E-state index in [9.17, 15) is 0 Å². The van der Waals surface area contributed by atoms with Crippen LogP contribution in [0, 0.1) is 6.54 Å². The summed E-state index contributed by atoms with van der Waals surface area (Å²) in [5, 5.41) is 0. The fraction of sp³-hybridized carbons (Fsp3) is 0.400. The van der Waals surface area contributed by atoms with Gasteiger partial charge in [0.05, 0.1) is 11.4 Å². The Kier molecular flexibility index (Phi) is 1.38. The van der Waals surface area contributed by atoms with Gasteiger partial charge in [-0.15, -0.1) is 0 Å². The average molecular weight is 161 g/mol. The summed E-state index contributed by atoms with van der Waals surface area (Å²) >= 11 is 3.39. The molecule has 0 amide bonds. The summed E-state index contributed by atoms with van der Waals surface area (Å²) in [7, 11) is 2.01. The van der Waals surface area contributed by atoms with Crippen molar-refractivity contribution in [1.29, 1.82) is 0 Å². The molecule has 1 heterocycles. The third kappa shape index (κ3) is 1.20. The quantitative estimate of drug-likeness (QED) is 0.485. The highest BCUT2D eigenvalue weighted by molar-refractivity contribution is 9.09. The predicted octanol–water partition coefficient (Wildman–Crippen LogP) is 1.37. The molecule has 0 bridgehead atoms. The molecule has 0 aromatic heterocycles. The van der Waals surface area contributed by atoms with E-state index in [1.165, 1.54) is 0 Å². The molecule has 0 N–H and O–H groups in total. The molecule has 0 saturated heterocycles. The molecule has 0 spiro atoms. The summed E-state index contributed by atoms with van der Waals surface area (Å²) in [5.74, 6) is 0. The minimum atomic E-state index is 0.456. The molecule has 0 saturated carbocycles. The molecule has 1 unspecified atom stereocenters. The molecular formula is C5H7BrN. The van der Waals surface area contributed by atoms with Gasteiger partial charge in [0, 0.05) is 7.05 Å². The molecule has 0 fully saturated rings. The first-order valence-corrected chi connectivity index (χ1v) is 3.10. The van der Waals surface area contributed by atoms with E-state index in [1.807, 2.05) is 18.1 Å². The Morgan fingerprint density at radius 1 is 1.71 bits per heavy atom. The second kappa shape index (κ2) is 1.86. The zero-order valence-corrected chi connectivity index (χ0v) is 5.72. The molecule has 39 valence electrons. The molecule has 1 radical (unpaired) electrons. The van der Waals surface area contributed by atoms with Crippen LogP contribution in [0.15, 0.2) is 12.3 Å². The lowest BCUT2D eigenvalue weighted by Crippen LogP contribution is -2.03. The topological polar surface area (TPSA) is 3.24 Å². The molecule has 0 aromatic rings. The molecule has 1 aliphatic rings. The monoisotopic (exact) mass is 160 g/mol. The van der Waals surface area contributed by atoms with Gasteiger partial charge in [-0.05, 0) is 6.20 Å². The normalized spacial score (nSPS) is 29.4. The lowest BCUT2D eigenvalue weighted by Gasteiger charge is -2.04. The molecule has 2 heteroatoms. The largest absolute Gasteiger partial charge is 0.374 e.